The first-order valence-corrected chi connectivity index (χ1v) is 6.37. The van der Waals surface area contributed by atoms with Gasteiger partial charge in [0.15, 0.2) is 0 Å². The van der Waals surface area contributed by atoms with E-state index in [4.69, 9.17) is 5.11 Å². The molecule has 1 aliphatic rings. The summed E-state index contributed by atoms with van der Waals surface area (Å²) in [6, 6.07) is 0.798. The van der Waals surface area contributed by atoms with Gasteiger partial charge in [0.25, 0.3) is 5.91 Å². The van der Waals surface area contributed by atoms with Gasteiger partial charge >= 0.3 is 12.1 Å². The minimum atomic E-state index is -4.57. The molecule has 2 heterocycles. The summed E-state index contributed by atoms with van der Waals surface area (Å²) in [6.07, 6.45) is -2.03. The van der Waals surface area contributed by atoms with Crippen LogP contribution in [0.25, 0.3) is 0 Å². The molecule has 0 saturated carbocycles. The molecule has 8 heteroatoms. The van der Waals surface area contributed by atoms with Crippen LogP contribution in [0, 0.1) is 0 Å². The maximum absolute atomic E-state index is 12.4. The number of carboxylic acids is 1. The molecule has 1 aromatic rings. The van der Waals surface area contributed by atoms with E-state index in [-0.39, 0.29) is 12.1 Å². The summed E-state index contributed by atoms with van der Waals surface area (Å²) in [5, 5.41) is 9.10. The Bertz CT molecular complexity index is 543. The van der Waals surface area contributed by atoms with Crippen molar-refractivity contribution in [2.75, 3.05) is 6.54 Å². The summed E-state index contributed by atoms with van der Waals surface area (Å²) in [7, 11) is 0. The fourth-order valence-corrected chi connectivity index (χ4v) is 2.29. The summed E-state index contributed by atoms with van der Waals surface area (Å²) in [5.74, 6) is -1.72. The lowest BCUT2D eigenvalue weighted by Crippen LogP contribution is -2.48. The van der Waals surface area contributed by atoms with Gasteiger partial charge in [-0.1, -0.05) is 0 Å². The minimum Gasteiger partial charge on any atom is -0.480 e. The van der Waals surface area contributed by atoms with Crippen molar-refractivity contribution in [2.45, 2.75) is 31.5 Å². The van der Waals surface area contributed by atoms with Gasteiger partial charge in [0, 0.05) is 12.7 Å². The van der Waals surface area contributed by atoms with E-state index in [1.807, 2.05) is 0 Å². The monoisotopic (exact) mass is 302 g/mol. The van der Waals surface area contributed by atoms with E-state index in [2.05, 4.69) is 4.98 Å². The zero-order valence-corrected chi connectivity index (χ0v) is 10.9. The predicted octanol–water partition coefficient (Wildman–Crippen LogP) is 2.18. The molecule has 0 aromatic carbocycles. The maximum Gasteiger partial charge on any atom is 0.433 e. The molecular formula is C13H13F3N2O3. The Balaban J connectivity index is 2.20. The molecule has 0 unspecified atom stereocenters. The van der Waals surface area contributed by atoms with Gasteiger partial charge in [-0.05, 0) is 31.4 Å². The number of likely N-dealkylation sites (tertiary alicyclic amines) is 1. The minimum absolute atomic E-state index is 0.0452. The van der Waals surface area contributed by atoms with Gasteiger partial charge in [-0.2, -0.15) is 13.2 Å². The highest BCUT2D eigenvalue weighted by molar-refractivity contribution is 5.96. The standard InChI is InChI=1S/C13H13F3N2O3/c14-13(15,16)10-5-4-8(7-17-10)11(19)18-6-2-1-3-9(18)12(20)21/h4-5,7,9H,1-3,6H2,(H,20,21)/t9-/m1/s1. The Morgan fingerprint density at radius 3 is 2.52 bits per heavy atom. The van der Waals surface area contributed by atoms with Crippen molar-refractivity contribution in [2.24, 2.45) is 0 Å². The molecule has 2 rings (SSSR count). The second-order valence-corrected chi connectivity index (χ2v) is 4.78. The van der Waals surface area contributed by atoms with E-state index in [0.717, 1.165) is 12.3 Å². The Hall–Kier alpha value is -2.12. The Morgan fingerprint density at radius 1 is 1.29 bits per heavy atom. The predicted molar refractivity (Wildman–Crippen MR) is 65.6 cm³/mol. The normalized spacial score (nSPS) is 19.4. The average molecular weight is 302 g/mol. The number of nitrogens with zero attached hydrogens (tertiary/aromatic N) is 2. The number of piperidine rings is 1. The summed E-state index contributed by atoms with van der Waals surface area (Å²) in [4.78, 5) is 27.7. The van der Waals surface area contributed by atoms with Crippen LogP contribution in [0.15, 0.2) is 18.3 Å². The number of aromatic nitrogens is 1. The van der Waals surface area contributed by atoms with Gasteiger partial charge in [-0.25, -0.2) is 4.79 Å². The molecule has 0 spiro atoms. The fraction of sp³-hybridized carbons (Fsp3) is 0.462. The van der Waals surface area contributed by atoms with Gasteiger partial charge in [-0.3, -0.25) is 9.78 Å². The number of hydrogen-bond donors (Lipinski definition) is 1. The number of halogens is 3. The van der Waals surface area contributed by atoms with Crippen LogP contribution in [0.4, 0.5) is 13.2 Å². The van der Waals surface area contributed by atoms with Crippen LogP contribution in [0.2, 0.25) is 0 Å². The molecule has 1 amide bonds. The van der Waals surface area contributed by atoms with Gasteiger partial charge in [-0.15, -0.1) is 0 Å². The molecule has 1 fully saturated rings. The van der Waals surface area contributed by atoms with Crippen molar-refractivity contribution in [3.63, 3.8) is 0 Å². The smallest absolute Gasteiger partial charge is 0.433 e. The van der Waals surface area contributed by atoms with Crippen LogP contribution in [-0.4, -0.2) is 39.5 Å². The first-order valence-electron chi connectivity index (χ1n) is 6.37. The van der Waals surface area contributed by atoms with Crippen LogP contribution >= 0.6 is 0 Å². The van der Waals surface area contributed by atoms with Crippen molar-refractivity contribution < 1.29 is 27.9 Å². The number of alkyl halides is 3. The fourth-order valence-electron chi connectivity index (χ4n) is 2.29. The molecular weight excluding hydrogens is 289 g/mol. The summed E-state index contributed by atoms with van der Waals surface area (Å²) in [5.41, 5.74) is -1.14. The molecule has 1 N–H and O–H groups in total. The number of pyridine rings is 1. The lowest BCUT2D eigenvalue weighted by molar-refractivity contribution is -0.143. The topological polar surface area (TPSA) is 70.5 Å². The van der Waals surface area contributed by atoms with Crippen molar-refractivity contribution in [3.8, 4) is 0 Å². The molecule has 0 bridgehead atoms. The van der Waals surface area contributed by atoms with E-state index >= 15 is 0 Å². The average Bonchev–Trinajstić information content (AvgIpc) is 2.45. The van der Waals surface area contributed by atoms with Crippen molar-refractivity contribution in [3.05, 3.63) is 29.6 Å². The molecule has 1 saturated heterocycles. The number of amides is 1. The first kappa shape index (κ1) is 15.3. The summed E-state index contributed by atoms with van der Waals surface area (Å²) >= 11 is 0. The van der Waals surface area contributed by atoms with E-state index in [1.54, 1.807) is 0 Å². The zero-order valence-electron chi connectivity index (χ0n) is 10.9. The van der Waals surface area contributed by atoms with Crippen LogP contribution < -0.4 is 0 Å². The number of aliphatic carboxylic acids is 1. The molecule has 5 nitrogen and oxygen atoms in total. The highest BCUT2D eigenvalue weighted by Crippen LogP contribution is 2.27. The second-order valence-electron chi connectivity index (χ2n) is 4.78. The lowest BCUT2D eigenvalue weighted by Gasteiger charge is -2.32. The number of carbonyl (C=O) groups is 2. The van der Waals surface area contributed by atoms with Crippen molar-refractivity contribution in [1.82, 2.24) is 9.88 Å². The lowest BCUT2D eigenvalue weighted by atomic mass is 10.0. The third-order valence-electron chi connectivity index (χ3n) is 3.35. The number of carbonyl (C=O) groups excluding carboxylic acids is 1. The molecule has 0 aliphatic carbocycles. The van der Waals surface area contributed by atoms with Crippen LogP contribution in [-0.2, 0) is 11.0 Å². The Morgan fingerprint density at radius 2 is 2.00 bits per heavy atom. The number of rotatable bonds is 2. The highest BCUT2D eigenvalue weighted by Gasteiger charge is 2.34. The van der Waals surface area contributed by atoms with Crippen molar-refractivity contribution in [1.29, 1.82) is 0 Å². The van der Waals surface area contributed by atoms with Crippen LogP contribution in [0.5, 0.6) is 0 Å². The van der Waals surface area contributed by atoms with Gasteiger partial charge < -0.3 is 10.0 Å². The Labute approximate surface area is 118 Å². The van der Waals surface area contributed by atoms with Crippen molar-refractivity contribution >= 4 is 11.9 Å². The SMILES string of the molecule is O=C(O)[C@H]1CCCCN1C(=O)c1ccc(C(F)(F)F)nc1. The van der Waals surface area contributed by atoms with E-state index < -0.39 is 29.8 Å². The van der Waals surface area contributed by atoms with E-state index in [9.17, 15) is 22.8 Å². The maximum atomic E-state index is 12.4. The van der Waals surface area contributed by atoms with Crippen LogP contribution in [0.3, 0.4) is 0 Å². The molecule has 1 atom stereocenters. The van der Waals surface area contributed by atoms with Crippen LogP contribution in [0.1, 0.15) is 35.3 Å². The molecule has 0 radical (unpaired) electrons. The molecule has 21 heavy (non-hydrogen) atoms. The zero-order chi connectivity index (χ0) is 15.6. The largest absolute Gasteiger partial charge is 0.480 e. The van der Waals surface area contributed by atoms with E-state index in [1.165, 1.54) is 4.90 Å². The van der Waals surface area contributed by atoms with E-state index in [0.29, 0.717) is 25.3 Å². The van der Waals surface area contributed by atoms with Gasteiger partial charge in [0.1, 0.15) is 11.7 Å². The second kappa shape index (κ2) is 5.71. The molecule has 1 aromatic heterocycles. The summed E-state index contributed by atoms with van der Waals surface area (Å²) in [6.45, 7) is 0.275. The number of hydrogen-bond acceptors (Lipinski definition) is 3. The number of carboxylic acid groups (broad SMARTS) is 1. The third kappa shape index (κ3) is 3.32. The first-order chi connectivity index (χ1) is 9.80. The Kier molecular flexibility index (Phi) is 4.15. The highest BCUT2D eigenvalue weighted by atomic mass is 19.4. The third-order valence-corrected chi connectivity index (χ3v) is 3.35. The van der Waals surface area contributed by atoms with Gasteiger partial charge in [0.2, 0.25) is 0 Å². The molecule has 1 aliphatic heterocycles. The summed E-state index contributed by atoms with van der Waals surface area (Å²) < 4.78 is 37.2. The van der Waals surface area contributed by atoms with Gasteiger partial charge in [0.05, 0.1) is 5.56 Å². The quantitative estimate of drug-likeness (QED) is 0.909. The molecule has 114 valence electrons.